The molecule has 1 aliphatic rings. The van der Waals surface area contributed by atoms with Crippen LogP contribution < -0.4 is 14.8 Å². The molecule has 1 atom stereocenters. The van der Waals surface area contributed by atoms with Crippen LogP contribution in [0.1, 0.15) is 42.1 Å². The molecule has 1 aromatic carbocycles. The van der Waals surface area contributed by atoms with Crippen LogP contribution in [0.4, 0.5) is 0 Å². The van der Waals surface area contributed by atoms with Gasteiger partial charge in [0.2, 0.25) is 5.91 Å². The van der Waals surface area contributed by atoms with E-state index in [0.717, 1.165) is 25.1 Å². The molecule has 0 aliphatic carbocycles. The number of rotatable bonds is 8. The van der Waals surface area contributed by atoms with Gasteiger partial charge >= 0.3 is 0 Å². The highest BCUT2D eigenvalue weighted by Crippen LogP contribution is 2.33. The van der Waals surface area contributed by atoms with E-state index in [9.17, 15) is 9.59 Å². The summed E-state index contributed by atoms with van der Waals surface area (Å²) in [6, 6.07) is 3.42. The number of amides is 2. The maximum absolute atomic E-state index is 12.5. The van der Waals surface area contributed by atoms with Crippen molar-refractivity contribution in [3.05, 3.63) is 35.9 Å². The van der Waals surface area contributed by atoms with Gasteiger partial charge in [-0.25, -0.2) is 0 Å². The molecule has 1 unspecified atom stereocenters. The van der Waals surface area contributed by atoms with Gasteiger partial charge in [0, 0.05) is 37.2 Å². The first kappa shape index (κ1) is 20.8. The fourth-order valence-corrected chi connectivity index (χ4v) is 3.44. The van der Waals surface area contributed by atoms with Gasteiger partial charge in [0.25, 0.3) is 5.91 Å². The maximum Gasteiger partial charge on any atom is 0.251 e. The van der Waals surface area contributed by atoms with Gasteiger partial charge in [-0.2, -0.15) is 0 Å². The largest absolute Gasteiger partial charge is 0.493 e. The first-order valence-corrected chi connectivity index (χ1v) is 9.41. The second kappa shape index (κ2) is 10.00. The van der Waals surface area contributed by atoms with Crippen molar-refractivity contribution < 1.29 is 19.1 Å². The minimum Gasteiger partial charge on any atom is -0.493 e. The minimum absolute atomic E-state index is 0.0986. The summed E-state index contributed by atoms with van der Waals surface area (Å²) >= 11 is 0. The lowest BCUT2D eigenvalue weighted by atomic mass is 10.00. The summed E-state index contributed by atoms with van der Waals surface area (Å²) in [5, 5.41) is 2.83. The first-order valence-electron chi connectivity index (χ1n) is 9.41. The lowest BCUT2D eigenvalue weighted by Gasteiger charge is -2.31. The zero-order valence-corrected chi connectivity index (χ0v) is 16.5. The molecular weight excluding hydrogens is 344 g/mol. The lowest BCUT2D eigenvalue weighted by Crippen LogP contribution is -2.40. The van der Waals surface area contributed by atoms with Crippen molar-refractivity contribution in [1.82, 2.24) is 10.2 Å². The van der Waals surface area contributed by atoms with Crippen molar-refractivity contribution in [1.29, 1.82) is 0 Å². The van der Waals surface area contributed by atoms with Crippen LogP contribution in [0, 0.1) is 5.92 Å². The number of carbonyl (C=O) groups is 2. The van der Waals surface area contributed by atoms with E-state index >= 15 is 0 Å². The standard InChI is InChI=1S/C21H30N2O4/c1-5-7-16-12-17(13-18(26-3)20(16)27-4)21(25)22-10-9-19(24)23-11-6-8-15(2)14-23/h5,12-13,15H,1,6-11,14H2,2-4H3,(H,22,25). The molecule has 6 heteroatoms. The number of hydrogen-bond acceptors (Lipinski definition) is 4. The molecule has 0 bridgehead atoms. The van der Waals surface area contributed by atoms with Crippen LogP contribution in [0.25, 0.3) is 0 Å². The number of piperidine rings is 1. The highest BCUT2D eigenvalue weighted by atomic mass is 16.5. The Balaban J connectivity index is 1.98. The summed E-state index contributed by atoms with van der Waals surface area (Å²) in [4.78, 5) is 26.7. The second-order valence-electron chi connectivity index (χ2n) is 6.96. The number of nitrogens with one attached hydrogen (secondary N) is 1. The normalized spacial score (nSPS) is 16.6. The van der Waals surface area contributed by atoms with Gasteiger partial charge in [-0.15, -0.1) is 6.58 Å². The molecule has 1 aliphatic heterocycles. The number of allylic oxidation sites excluding steroid dienone is 1. The van der Waals surface area contributed by atoms with Crippen molar-refractivity contribution in [2.24, 2.45) is 5.92 Å². The van der Waals surface area contributed by atoms with Gasteiger partial charge < -0.3 is 19.7 Å². The van der Waals surface area contributed by atoms with Gasteiger partial charge in [-0.1, -0.05) is 13.0 Å². The van der Waals surface area contributed by atoms with E-state index in [1.165, 1.54) is 13.5 Å². The number of carbonyl (C=O) groups excluding carboxylic acids is 2. The lowest BCUT2D eigenvalue weighted by molar-refractivity contribution is -0.132. The van der Waals surface area contributed by atoms with Crippen molar-refractivity contribution in [3.8, 4) is 11.5 Å². The number of benzene rings is 1. The van der Waals surface area contributed by atoms with E-state index in [-0.39, 0.29) is 11.8 Å². The highest BCUT2D eigenvalue weighted by molar-refractivity contribution is 5.95. The van der Waals surface area contributed by atoms with E-state index in [1.807, 2.05) is 4.90 Å². The number of nitrogens with zero attached hydrogens (tertiary/aromatic N) is 1. The van der Waals surface area contributed by atoms with Gasteiger partial charge in [0.1, 0.15) is 0 Å². The molecule has 0 saturated carbocycles. The van der Waals surface area contributed by atoms with E-state index in [0.29, 0.717) is 42.4 Å². The molecule has 1 aromatic rings. The average molecular weight is 374 g/mol. The quantitative estimate of drug-likeness (QED) is 0.711. The first-order chi connectivity index (χ1) is 13.0. The Kier molecular flexibility index (Phi) is 7.70. The molecule has 148 valence electrons. The van der Waals surface area contributed by atoms with E-state index in [1.54, 1.807) is 25.3 Å². The summed E-state index contributed by atoms with van der Waals surface area (Å²) < 4.78 is 10.7. The predicted molar refractivity (Wildman–Crippen MR) is 105 cm³/mol. The third-order valence-electron chi connectivity index (χ3n) is 4.82. The zero-order valence-electron chi connectivity index (χ0n) is 16.5. The Hall–Kier alpha value is -2.50. The SMILES string of the molecule is C=CCc1cc(C(=O)NCCC(=O)N2CCCC(C)C2)cc(OC)c1OC. The summed E-state index contributed by atoms with van der Waals surface area (Å²) in [6.07, 6.45) is 4.85. The smallest absolute Gasteiger partial charge is 0.251 e. The van der Waals surface area contributed by atoms with E-state index in [4.69, 9.17) is 9.47 Å². The number of methoxy groups -OCH3 is 2. The molecule has 0 spiro atoms. The van der Waals surface area contributed by atoms with Gasteiger partial charge in [0.15, 0.2) is 11.5 Å². The fraction of sp³-hybridized carbons (Fsp3) is 0.524. The Morgan fingerprint density at radius 2 is 2.11 bits per heavy atom. The molecule has 1 fully saturated rings. The highest BCUT2D eigenvalue weighted by Gasteiger charge is 2.21. The van der Waals surface area contributed by atoms with Crippen LogP contribution in [0.5, 0.6) is 11.5 Å². The van der Waals surface area contributed by atoms with Crippen molar-refractivity contribution in [2.45, 2.75) is 32.6 Å². The monoisotopic (exact) mass is 374 g/mol. The molecule has 1 heterocycles. The number of likely N-dealkylation sites (tertiary alicyclic amines) is 1. The zero-order chi connectivity index (χ0) is 19.8. The van der Waals surface area contributed by atoms with Crippen molar-refractivity contribution in [3.63, 3.8) is 0 Å². The molecule has 1 N–H and O–H groups in total. The van der Waals surface area contributed by atoms with Gasteiger partial charge in [-0.05, 0) is 37.3 Å². The summed E-state index contributed by atoms with van der Waals surface area (Å²) in [5.74, 6) is 1.51. The Morgan fingerprint density at radius 3 is 2.74 bits per heavy atom. The Morgan fingerprint density at radius 1 is 1.33 bits per heavy atom. The minimum atomic E-state index is -0.235. The van der Waals surface area contributed by atoms with Crippen LogP contribution >= 0.6 is 0 Å². The third kappa shape index (κ3) is 5.49. The van der Waals surface area contributed by atoms with Crippen LogP contribution in [0.15, 0.2) is 24.8 Å². The van der Waals surface area contributed by atoms with Crippen LogP contribution in [0.2, 0.25) is 0 Å². The molecule has 2 rings (SSSR count). The second-order valence-corrected chi connectivity index (χ2v) is 6.96. The van der Waals surface area contributed by atoms with Gasteiger partial charge in [0.05, 0.1) is 14.2 Å². The molecule has 0 aromatic heterocycles. The Bertz CT molecular complexity index is 687. The summed E-state index contributed by atoms with van der Waals surface area (Å²) in [7, 11) is 3.10. The molecule has 1 saturated heterocycles. The molecule has 27 heavy (non-hydrogen) atoms. The van der Waals surface area contributed by atoms with Crippen LogP contribution in [-0.4, -0.2) is 50.6 Å². The van der Waals surface area contributed by atoms with E-state index < -0.39 is 0 Å². The fourth-order valence-electron chi connectivity index (χ4n) is 3.44. The molecule has 6 nitrogen and oxygen atoms in total. The number of hydrogen-bond donors (Lipinski definition) is 1. The Labute approximate surface area is 161 Å². The van der Waals surface area contributed by atoms with Crippen LogP contribution in [0.3, 0.4) is 0 Å². The summed E-state index contributed by atoms with van der Waals surface area (Å²) in [5.41, 5.74) is 1.30. The molecular formula is C21H30N2O4. The average Bonchev–Trinajstić information content (AvgIpc) is 2.67. The third-order valence-corrected chi connectivity index (χ3v) is 4.82. The van der Waals surface area contributed by atoms with Crippen LogP contribution in [-0.2, 0) is 11.2 Å². The van der Waals surface area contributed by atoms with Gasteiger partial charge in [-0.3, -0.25) is 9.59 Å². The maximum atomic E-state index is 12.5. The predicted octanol–water partition coefficient (Wildman–Crippen LogP) is 2.81. The molecule has 0 radical (unpaired) electrons. The topological polar surface area (TPSA) is 67.9 Å². The van der Waals surface area contributed by atoms with Crippen molar-refractivity contribution >= 4 is 11.8 Å². The summed E-state index contributed by atoms with van der Waals surface area (Å²) in [6.45, 7) is 7.85. The van der Waals surface area contributed by atoms with E-state index in [2.05, 4.69) is 18.8 Å². The number of ether oxygens (including phenoxy) is 2. The van der Waals surface area contributed by atoms with Crippen molar-refractivity contribution in [2.75, 3.05) is 33.9 Å². The molecule has 2 amide bonds.